The van der Waals surface area contributed by atoms with E-state index in [1.165, 1.54) is 10.8 Å². The van der Waals surface area contributed by atoms with Crippen molar-refractivity contribution in [3.63, 3.8) is 0 Å². The van der Waals surface area contributed by atoms with E-state index in [0.29, 0.717) is 0 Å². The van der Waals surface area contributed by atoms with Gasteiger partial charge in [-0.2, -0.15) is 0 Å². The normalized spacial score (nSPS) is 34.9. The molecule has 2 nitrogen and oxygen atoms in total. The number of hydrogen-bond donors (Lipinski definition) is 0. The zero-order valence-electron chi connectivity index (χ0n) is 9.01. The second kappa shape index (κ2) is 3.91. The number of hydrogen-bond acceptors (Lipinski definition) is 2. The Hall–Kier alpha value is 0.650. The van der Waals surface area contributed by atoms with E-state index < -0.39 is 0 Å². The number of ether oxygens (including phenoxy) is 2. The maximum Gasteiger partial charge on any atom is 0.168 e. The van der Waals surface area contributed by atoms with Gasteiger partial charge in [-0.05, 0) is 12.3 Å². The molecule has 1 saturated heterocycles. The van der Waals surface area contributed by atoms with E-state index in [2.05, 4.69) is 36.4 Å². The monoisotopic (exact) mass is 310 g/mol. The lowest BCUT2D eigenvalue weighted by atomic mass is 9.94. The van der Waals surface area contributed by atoms with Crippen LogP contribution in [-0.4, -0.2) is 23.4 Å². The fourth-order valence-electron chi connectivity index (χ4n) is 2.20. The van der Waals surface area contributed by atoms with Gasteiger partial charge in [-0.1, -0.05) is 36.4 Å². The molecule has 1 aliphatic heterocycles. The van der Waals surface area contributed by atoms with Crippen LogP contribution in [0.25, 0.3) is 0 Å². The topological polar surface area (TPSA) is 18.5 Å². The lowest BCUT2D eigenvalue weighted by Gasteiger charge is -2.41. The molecule has 0 aromatic rings. The van der Waals surface area contributed by atoms with E-state index in [-0.39, 0.29) is 11.2 Å². The minimum atomic E-state index is -0.203. The Labute approximate surface area is 99.9 Å². The first kappa shape index (κ1) is 11.1. The molecule has 0 N–H and O–H groups in total. The van der Waals surface area contributed by atoms with Gasteiger partial charge >= 0.3 is 0 Å². The van der Waals surface area contributed by atoms with Crippen molar-refractivity contribution < 1.29 is 9.47 Å². The van der Waals surface area contributed by atoms with Crippen LogP contribution in [0.15, 0.2) is 0 Å². The summed E-state index contributed by atoms with van der Waals surface area (Å²) in [6.45, 7) is 6.09. The predicted octanol–water partition coefficient (Wildman–Crippen LogP) is 2.99. The van der Waals surface area contributed by atoms with E-state index in [9.17, 15) is 0 Å². The molecule has 82 valence electrons. The van der Waals surface area contributed by atoms with Crippen LogP contribution in [0.1, 0.15) is 33.1 Å². The zero-order valence-corrected chi connectivity index (χ0v) is 11.2. The minimum absolute atomic E-state index is 0.202. The second-order valence-electron chi connectivity index (χ2n) is 5.42. The SMILES string of the molecule is CC1(C)COC2(CCC(CI)C2)OC1. The Bertz CT molecular complexity index is 205. The molecule has 0 amide bonds. The van der Waals surface area contributed by atoms with Gasteiger partial charge in [0, 0.05) is 22.7 Å². The Morgan fingerprint density at radius 1 is 1.29 bits per heavy atom. The van der Waals surface area contributed by atoms with Gasteiger partial charge in [0.2, 0.25) is 0 Å². The van der Waals surface area contributed by atoms with E-state index in [1.807, 2.05) is 0 Å². The van der Waals surface area contributed by atoms with Crippen molar-refractivity contribution in [1.82, 2.24) is 0 Å². The van der Waals surface area contributed by atoms with Crippen LogP contribution in [0.5, 0.6) is 0 Å². The molecule has 1 atom stereocenters. The summed E-state index contributed by atoms with van der Waals surface area (Å²) in [6.07, 6.45) is 3.46. The predicted molar refractivity (Wildman–Crippen MR) is 64.6 cm³/mol. The number of alkyl halides is 1. The second-order valence-corrected chi connectivity index (χ2v) is 6.30. The smallest absolute Gasteiger partial charge is 0.168 e. The summed E-state index contributed by atoms with van der Waals surface area (Å²) < 4.78 is 13.1. The summed E-state index contributed by atoms with van der Waals surface area (Å²) in [5.41, 5.74) is 0.202. The first-order valence-electron chi connectivity index (χ1n) is 5.39. The Morgan fingerprint density at radius 2 is 1.93 bits per heavy atom. The highest BCUT2D eigenvalue weighted by molar-refractivity contribution is 14.1. The van der Waals surface area contributed by atoms with Crippen LogP contribution < -0.4 is 0 Å². The molecule has 0 radical (unpaired) electrons. The average molecular weight is 310 g/mol. The highest BCUT2D eigenvalue weighted by Gasteiger charge is 2.45. The van der Waals surface area contributed by atoms with E-state index in [0.717, 1.165) is 32.0 Å². The molecular formula is C11H19IO2. The summed E-state index contributed by atoms with van der Waals surface area (Å²) in [7, 11) is 0. The van der Waals surface area contributed by atoms with Crippen LogP contribution >= 0.6 is 22.6 Å². The molecule has 0 bridgehead atoms. The van der Waals surface area contributed by atoms with Crippen LogP contribution in [0, 0.1) is 11.3 Å². The Kier molecular flexibility index (Phi) is 3.11. The van der Waals surface area contributed by atoms with Gasteiger partial charge in [0.05, 0.1) is 13.2 Å². The summed E-state index contributed by atoms with van der Waals surface area (Å²) >= 11 is 2.46. The molecule has 1 spiro atoms. The van der Waals surface area contributed by atoms with Crippen molar-refractivity contribution in [3.8, 4) is 0 Å². The lowest BCUT2D eigenvalue weighted by molar-refractivity contribution is -0.295. The van der Waals surface area contributed by atoms with Crippen molar-refractivity contribution in [2.75, 3.05) is 17.6 Å². The van der Waals surface area contributed by atoms with Gasteiger partial charge in [0.25, 0.3) is 0 Å². The van der Waals surface area contributed by atoms with Crippen LogP contribution in [0.2, 0.25) is 0 Å². The largest absolute Gasteiger partial charge is 0.349 e. The first-order chi connectivity index (χ1) is 6.55. The zero-order chi connectivity index (χ0) is 10.2. The minimum Gasteiger partial charge on any atom is -0.349 e. The van der Waals surface area contributed by atoms with Crippen molar-refractivity contribution in [3.05, 3.63) is 0 Å². The van der Waals surface area contributed by atoms with Crippen molar-refractivity contribution >= 4 is 22.6 Å². The number of rotatable bonds is 1. The third-order valence-electron chi connectivity index (χ3n) is 3.20. The van der Waals surface area contributed by atoms with Gasteiger partial charge in [0.15, 0.2) is 5.79 Å². The van der Waals surface area contributed by atoms with Crippen molar-refractivity contribution in [1.29, 1.82) is 0 Å². The molecule has 2 fully saturated rings. The molecule has 14 heavy (non-hydrogen) atoms. The van der Waals surface area contributed by atoms with Crippen molar-refractivity contribution in [2.24, 2.45) is 11.3 Å². The third kappa shape index (κ3) is 2.25. The summed E-state index contributed by atoms with van der Waals surface area (Å²) in [6, 6.07) is 0. The molecule has 1 saturated carbocycles. The fourth-order valence-corrected chi connectivity index (χ4v) is 2.95. The van der Waals surface area contributed by atoms with Gasteiger partial charge in [-0.3, -0.25) is 0 Å². The fraction of sp³-hybridized carbons (Fsp3) is 1.00. The molecule has 0 aromatic heterocycles. The van der Waals surface area contributed by atoms with Crippen LogP contribution in [0.4, 0.5) is 0 Å². The van der Waals surface area contributed by atoms with Crippen molar-refractivity contribution in [2.45, 2.75) is 38.9 Å². The van der Waals surface area contributed by atoms with E-state index in [1.54, 1.807) is 0 Å². The van der Waals surface area contributed by atoms with Gasteiger partial charge in [0.1, 0.15) is 0 Å². The lowest BCUT2D eigenvalue weighted by Crippen LogP contribution is -2.46. The van der Waals surface area contributed by atoms with Gasteiger partial charge < -0.3 is 9.47 Å². The van der Waals surface area contributed by atoms with E-state index >= 15 is 0 Å². The highest BCUT2D eigenvalue weighted by atomic mass is 127. The maximum atomic E-state index is 5.95. The van der Waals surface area contributed by atoms with Crippen LogP contribution in [0.3, 0.4) is 0 Å². The molecule has 1 heterocycles. The molecule has 2 aliphatic rings. The van der Waals surface area contributed by atoms with E-state index in [4.69, 9.17) is 9.47 Å². The quantitative estimate of drug-likeness (QED) is 0.547. The molecule has 2 rings (SSSR count). The highest BCUT2D eigenvalue weighted by Crippen LogP contribution is 2.43. The standard InChI is InChI=1S/C11H19IO2/c1-10(2)7-13-11(14-8-10)4-3-9(5-11)6-12/h9H,3-8H2,1-2H3. The molecule has 0 aromatic carbocycles. The van der Waals surface area contributed by atoms with Gasteiger partial charge in [-0.25, -0.2) is 0 Å². The summed E-state index contributed by atoms with van der Waals surface area (Å²) in [5, 5.41) is 0. The first-order valence-corrected chi connectivity index (χ1v) is 6.92. The third-order valence-corrected chi connectivity index (χ3v) is 4.45. The number of halogens is 1. The molecule has 1 aliphatic carbocycles. The molecule has 3 heteroatoms. The van der Waals surface area contributed by atoms with Gasteiger partial charge in [-0.15, -0.1) is 0 Å². The molecular weight excluding hydrogens is 291 g/mol. The Morgan fingerprint density at radius 3 is 2.43 bits per heavy atom. The maximum absolute atomic E-state index is 5.95. The van der Waals surface area contributed by atoms with Crippen LogP contribution in [-0.2, 0) is 9.47 Å². The Balaban J connectivity index is 1.94. The summed E-state index contributed by atoms with van der Waals surface area (Å²) in [5.74, 6) is 0.600. The average Bonchev–Trinajstić information content (AvgIpc) is 2.56. The molecule has 1 unspecified atom stereocenters. The summed E-state index contributed by atoms with van der Waals surface area (Å²) in [4.78, 5) is 0.